The molecule has 7 nitrogen and oxygen atoms in total. The average Bonchev–Trinajstić information content (AvgIpc) is 2.97. The average molecular weight is 354 g/mol. The topological polar surface area (TPSA) is 99.4 Å². The molecular formula is C14H18N4O3S2. The Hall–Kier alpha value is -2.00. The van der Waals surface area contributed by atoms with E-state index in [0.29, 0.717) is 21.0 Å². The van der Waals surface area contributed by atoms with Crippen LogP contribution in [0, 0.1) is 0 Å². The molecule has 0 bridgehead atoms. The fraction of sp³-hybridized carbons (Fsp3) is 0.357. The summed E-state index contributed by atoms with van der Waals surface area (Å²) in [5.41, 5.74) is 6.36. The first-order chi connectivity index (χ1) is 11.0. The van der Waals surface area contributed by atoms with Crippen molar-refractivity contribution in [3.63, 3.8) is 0 Å². The molecule has 1 heterocycles. The zero-order chi connectivity index (χ0) is 16.8. The lowest BCUT2D eigenvalue weighted by Gasteiger charge is -2.18. The predicted octanol–water partition coefficient (Wildman–Crippen LogP) is 2.11. The molecule has 1 atom stereocenters. The molecule has 23 heavy (non-hydrogen) atoms. The van der Waals surface area contributed by atoms with Crippen molar-refractivity contribution in [1.29, 1.82) is 0 Å². The van der Waals surface area contributed by atoms with Crippen LogP contribution in [0.5, 0.6) is 11.5 Å². The highest BCUT2D eigenvalue weighted by Crippen LogP contribution is 2.29. The molecule has 0 saturated heterocycles. The second-order valence-electron chi connectivity index (χ2n) is 4.59. The summed E-state index contributed by atoms with van der Waals surface area (Å²) in [7, 11) is 3.19. The normalized spacial score (nSPS) is 11.8. The van der Waals surface area contributed by atoms with Gasteiger partial charge in [-0.15, -0.1) is 10.2 Å². The Morgan fingerprint density at radius 3 is 2.78 bits per heavy atom. The van der Waals surface area contributed by atoms with Gasteiger partial charge in [-0.05, 0) is 25.1 Å². The van der Waals surface area contributed by atoms with Gasteiger partial charge in [-0.1, -0.05) is 23.1 Å². The van der Waals surface area contributed by atoms with Gasteiger partial charge in [0.05, 0.1) is 26.0 Å². The minimum atomic E-state index is -0.215. The number of anilines is 1. The summed E-state index contributed by atoms with van der Waals surface area (Å²) in [6.45, 7) is 1.89. The molecule has 2 rings (SSSR count). The van der Waals surface area contributed by atoms with Crippen molar-refractivity contribution in [3.05, 3.63) is 23.8 Å². The zero-order valence-corrected chi connectivity index (χ0v) is 14.7. The van der Waals surface area contributed by atoms with Crippen molar-refractivity contribution in [2.75, 3.05) is 25.7 Å². The van der Waals surface area contributed by atoms with Crippen LogP contribution in [0.2, 0.25) is 0 Å². The van der Waals surface area contributed by atoms with Gasteiger partial charge in [0.25, 0.3) is 0 Å². The summed E-state index contributed by atoms with van der Waals surface area (Å²) < 4.78 is 11.2. The lowest BCUT2D eigenvalue weighted by molar-refractivity contribution is -0.119. The molecule has 0 spiro atoms. The molecular weight excluding hydrogens is 336 g/mol. The van der Waals surface area contributed by atoms with Crippen molar-refractivity contribution in [3.8, 4) is 11.5 Å². The van der Waals surface area contributed by atoms with Crippen LogP contribution in [0.25, 0.3) is 0 Å². The Morgan fingerprint density at radius 2 is 2.17 bits per heavy atom. The van der Waals surface area contributed by atoms with Gasteiger partial charge in [0, 0.05) is 5.56 Å². The fourth-order valence-electron chi connectivity index (χ4n) is 1.94. The zero-order valence-electron chi connectivity index (χ0n) is 13.0. The Kier molecular flexibility index (Phi) is 6.05. The number of amides is 1. The van der Waals surface area contributed by atoms with Crippen LogP contribution in [0.15, 0.2) is 22.5 Å². The number of nitrogens with one attached hydrogen (secondary N) is 1. The van der Waals surface area contributed by atoms with Crippen LogP contribution in [-0.2, 0) is 4.79 Å². The largest absolute Gasteiger partial charge is 0.497 e. The molecule has 124 valence electrons. The summed E-state index contributed by atoms with van der Waals surface area (Å²) in [6, 6.07) is 5.26. The SMILES string of the molecule is COc1ccc(OC)c([C@H](C)NC(=O)CSc2nnc(N)s2)c1. The van der Waals surface area contributed by atoms with Gasteiger partial charge in [-0.25, -0.2) is 0 Å². The lowest BCUT2D eigenvalue weighted by Crippen LogP contribution is -2.28. The number of nitrogens with zero attached hydrogens (tertiary/aromatic N) is 2. The maximum absolute atomic E-state index is 12.1. The number of hydrogen-bond acceptors (Lipinski definition) is 8. The first-order valence-corrected chi connectivity index (χ1v) is 8.56. The molecule has 0 unspecified atom stereocenters. The van der Waals surface area contributed by atoms with Crippen molar-refractivity contribution in [1.82, 2.24) is 15.5 Å². The molecule has 3 N–H and O–H groups in total. The standard InChI is InChI=1S/C14H18N4O3S2/c1-8(10-6-9(20-2)4-5-11(10)21-3)16-12(19)7-22-14-18-17-13(15)23-14/h4-6,8H,7H2,1-3H3,(H2,15,17)(H,16,19)/t8-/m0/s1. The quantitative estimate of drug-likeness (QED) is 0.735. The molecule has 1 amide bonds. The number of methoxy groups -OCH3 is 2. The van der Waals surface area contributed by atoms with Crippen LogP contribution < -0.4 is 20.5 Å². The minimum absolute atomic E-state index is 0.110. The summed E-state index contributed by atoms with van der Waals surface area (Å²) in [6.07, 6.45) is 0. The van der Waals surface area contributed by atoms with E-state index in [1.807, 2.05) is 25.1 Å². The van der Waals surface area contributed by atoms with E-state index >= 15 is 0 Å². The van der Waals surface area contributed by atoms with E-state index in [9.17, 15) is 4.79 Å². The Morgan fingerprint density at radius 1 is 1.39 bits per heavy atom. The number of nitrogen functional groups attached to an aromatic ring is 1. The van der Waals surface area contributed by atoms with Crippen LogP contribution >= 0.6 is 23.1 Å². The molecule has 1 aromatic heterocycles. The number of carbonyl (C=O) groups is 1. The highest BCUT2D eigenvalue weighted by atomic mass is 32.2. The molecule has 2 aromatic rings. The number of benzene rings is 1. The highest BCUT2D eigenvalue weighted by Gasteiger charge is 2.16. The van der Waals surface area contributed by atoms with E-state index in [-0.39, 0.29) is 17.7 Å². The summed E-state index contributed by atoms with van der Waals surface area (Å²) >= 11 is 2.56. The predicted molar refractivity (Wildman–Crippen MR) is 91.1 cm³/mol. The van der Waals surface area contributed by atoms with Gasteiger partial charge in [0.1, 0.15) is 11.5 Å². The van der Waals surface area contributed by atoms with Gasteiger partial charge >= 0.3 is 0 Å². The number of nitrogens with two attached hydrogens (primary N) is 1. The van der Waals surface area contributed by atoms with Gasteiger partial charge in [-0.2, -0.15) is 0 Å². The van der Waals surface area contributed by atoms with Crippen molar-refractivity contribution in [2.45, 2.75) is 17.3 Å². The number of aromatic nitrogens is 2. The monoisotopic (exact) mass is 354 g/mol. The highest BCUT2D eigenvalue weighted by molar-refractivity contribution is 8.01. The number of carbonyl (C=O) groups excluding carboxylic acids is 1. The van der Waals surface area contributed by atoms with Gasteiger partial charge in [-0.3, -0.25) is 4.79 Å². The van der Waals surface area contributed by atoms with Crippen LogP contribution in [-0.4, -0.2) is 36.1 Å². The summed E-state index contributed by atoms with van der Waals surface area (Å²) in [5.74, 6) is 1.54. The third-order valence-corrected chi connectivity index (χ3v) is 4.92. The van der Waals surface area contributed by atoms with Gasteiger partial charge < -0.3 is 20.5 Å². The second-order valence-corrected chi connectivity index (χ2v) is 6.82. The molecule has 0 aliphatic rings. The number of ether oxygens (including phenoxy) is 2. The number of hydrogen-bond donors (Lipinski definition) is 2. The molecule has 0 saturated carbocycles. The molecule has 0 aliphatic heterocycles. The van der Waals surface area contributed by atoms with Gasteiger partial charge in [0.2, 0.25) is 11.0 Å². The van der Waals surface area contributed by atoms with E-state index in [2.05, 4.69) is 15.5 Å². The smallest absolute Gasteiger partial charge is 0.230 e. The lowest BCUT2D eigenvalue weighted by atomic mass is 10.1. The van der Waals surface area contributed by atoms with Crippen LogP contribution in [0.4, 0.5) is 5.13 Å². The molecule has 1 aromatic carbocycles. The van der Waals surface area contributed by atoms with E-state index in [1.54, 1.807) is 14.2 Å². The molecule has 0 aliphatic carbocycles. The molecule has 0 radical (unpaired) electrons. The number of thioether (sulfide) groups is 1. The molecule has 9 heteroatoms. The Balaban J connectivity index is 1.97. The maximum atomic E-state index is 12.1. The summed E-state index contributed by atoms with van der Waals surface area (Å²) in [5, 5.41) is 10.9. The third-order valence-electron chi connectivity index (χ3n) is 3.03. The van der Waals surface area contributed by atoms with Crippen molar-refractivity contribution in [2.24, 2.45) is 0 Å². The van der Waals surface area contributed by atoms with Crippen LogP contribution in [0.1, 0.15) is 18.5 Å². The third kappa shape index (κ3) is 4.73. The fourth-order valence-corrected chi connectivity index (χ4v) is 3.39. The minimum Gasteiger partial charge on any atom is -0.497 e. The summed E-state index contributed by atoms with van der Waals surface area (Å²) in [4.78, 5) is 12.1. The van der Waals surface area contributed by atoms with E-state index in [4.69, 9.17) is 15.2 Å². The van der Waals surface area contributed by atoms with Gasteiger partial charge in [0.15, 0.2) is 4.34 Å². The Bertz CT molecular complexity index is 678. The van der Waals surface area contributed by atoms with Crippen LogP contribution in [0.3, 0.4) is 0 Å². The van der Waals surface area contributed by atoms with E-state index < -0.39 is 0 Å². The first kappa shape index (κ1) is 17.4. The van der Waals surface area contributed by atoms with E-state index in [0.717, 1.165) is 5.56 Å². The van der Waals surface area contributed by atoms with E-state index in [1.165, 1.54) is 23.1 Å². The van der Waals surface area contributed by atoms with Crippen molar-refractivity contribution < 1.29 is 14.3 Å². The second kappa shape index (κ2) is 8.02. The maximum Gasteiger partial charge on any atom is 0.230 e. The number of rotatable bonds is 7. The first-order valence-electron chi connectivity index (χ1n) is 6.76. The Labute approximate surface area is 142 Å². The molecule has 0 fully saturated rings. The van der Waals surface area contributed by atoms with Crippen molar-refractivity contribution >= 4 is 34.1 Å².